The minimum absolute atomic E-state index is 0.859. The van der Waals surface area contributed by atoms with Crippen LogP contribution in [-0.4, -0.2) is 9.97 Å². The summed E-state index contributed by atoms with van der Waals surface area (Å²) in [6.07, 6.45) is 1.91. The van der Waals surface area contributed by atoms with Gasteiger partial charge in [0.1, 0.15) is 11.2 Å². The molecule has 10 rings (SSSR count). The molecule has 10 aromatic rings. The zero-order chi connectivity index (χ0) is 30.9. The highest BCUT2D eigenvalue weighted by Gasteiger charge is 2.16. The maximum Gasteiger partial charge on any atom is 0.136 e. The van der Waals surface area contributed by atoms with Crippen LogP contribution in [0, 0.1) is 0 Å². The lowest BCUT2D eigenvalue weighted by Crippen LogP contribution is -1.92. The molecule has 0 bridgehead atoms. The minimum Gasteiger partial charge on any atom is -0.456 e. The van der Waals surface area contributed by atoms with E-state index in [1.165, 1.54) is 21.5 Å². The van der Waals surface area contributed by atoms with E-state index in [4.69, 9.17) is 14.4 Å². The maximum absolute atomic E-state index is 6.37. The third-order valence-electron chi connectivity index (χ3n) is 9.48. The molecule has 3 nitrogen and oxygen atoms in total. The van der Waals surface area contributed by atoms with Crippen molar-refractivity contribution in [1.82, 2.24) is 9.97 Å². The number of hydrogen-bond acceptors (Lipinski definition) is 3. The summed E-state index contributed by atoms with van der Waals surface area (Å²) >= 11 is 0. The summed E-state index contributed by atoms with van der Waals surface area (Å²) in [6.45, 7) is 0. The predicted octanol–water partition coefficient (Wildman–Crippen LogP) is 12.0. The van der Waals surface area contributed by atoms with Crippen molar-refractivity contribution in [3.05, 3.63) is 158 Å². The van der Waals surface area contributed by atoms with Gasteiger partial charge in [-0.3, -0.25) is 4.98 Å². The number of fused-ring (bicyclic) bond motifs is 11. The Morgan fingerprint density at radius 3 is 1.79 bits per heavy atom. The van der Waals surface area contributed by atoms with E-state index in [9.17, 15) is 0 Å². The van der Waals surface area contributed by atoms with Crippen LogP contribution in [0.25, 0.3) is 98.8 Å². The van der Waals surface area contributed by atoms with Crippen LogP contribution in [0.2, 0.25) is 0 Å². The molecule has 3 heteroatoms. The van der Waals surface area contributed by atoms with E-state index in [2.05, 4.69) is 152 Å². The normalized spacial score (nSPS) is 11.8. The van der Waals surface area contributed by atoms with Crippen molar-refractivity contribution in [3.8, 4) is 33.5 Å². The summed E-state index contributed by atoms with van der Waals surface area (Å²) in [6, 6.07) is 53.5. The number of benzene rings is 8. The molecule has 0 aliphatic heterocycles. The fraction of sp³-hybridized carbons (Fsp3) is 0. The molecule has 0 saturated carbocycles. The first-order valence-corrected chi connectivity index (χ1v) is 15.9. The van der Waals surface area contributed by atoms with Gasteiger partial charge in [0, 0.05) is 27.1 Å². The summed E-state index contributed by atoms with van der Waals surface area (Å²) in [5, 5.41) is 9.37. The Morgan fingerprint density at radius 1 is 0.404 bits per heavy atom. The Bertz CT molecular complexity index is 2830. The fourth-order valence-electron chi connectivity index (χ4n) is 7.31. The number of rotatable bonds is 3. The van der Waals surface area contributed by atoms with Crippen molar-refractivity contribution in [1.29, 1.82) is 0 Å². The Hall–Kier alpha value is -6.32. The summed E-state index contributed by atoms with van der Waals surface area (Å²) < 4.78 is 6.37. The number of furan rings is 1. The van der Waals surface area contributed by atoms with Gasteiger partial charge >= 0.3 is 0 Å². The van der Waals surface area contributed by atoms with E-state index in [1.54, 1.807) is 0 Å². The quantitative estimate of drug-likeness (QED) is 0.190. The average Bonchev–Trinajstić information content (AvgIpc) is 3.55. The smallest absolute Gasteiger partial charge is 0.136 e. The van der Waals surface area contributed by atoms with Gasteiger partial charge in [0.2, 0.25) is 0 Å². The number of hydrogen-bond donors (Lipinski definition) is 0. The van der Waals surface area contributed by atoms with Crippen LogP contribution in [0.1, 0.15) is 0 Å². The number of aromatic nitrogens is 2. The largest absolute Gasteiger partial charge is 0.456 e. The molecule has 0 spiro atoms. The van der Waals surface area contributed by atoms with Crippen molar-refractivity contribution >= 4 is 65.3 Å². The van der Waals surface area contributed by atoms with Crippen LogP contribution in [0.3, 0.4) is 0 Å². The van der Waals surface area contributed by atoms with Gasteiger partial charge in [-0.15, -0.1) is 0 Å². The van der Waals surface area contributed by atoms with E-state index in [-0.39, 0.29) is 0 Å². The highest BCUT2D eigenvalue weighted by atomic mass is 16.3. The van der Waals surface area contributed by atoms with E-state index in [1.807, 2.05) is 6.20 Å². The van der Waals surface area contributed by atoms with Crippen LogP contribution in [0.15, 0.2) is 162 Å². The lowest BCUT2D eigenvalue weighted by Gasteiger charge is -2.11. The summed E-state index contributed by atoms with van der Waals surface area (Å²) in [4.78, 5) is 10.2. The van der Waals surface area contributed by atoms with Gasteiger partial charge < -0.3 is 4.42 Å². The molecule has 218 valence electrons. The van der Waals surface area contributed by atoms with Gasteiger partial charge in [0.05, 0.1) is 22.9 Å². The zero-order valence-corrected chi connectivity index (χ0v) is 25.3. The molecular weight excluding hydrogens is 572 g/mol. The standard InChI is InChI=1S/C44H26N2O/c1-2-15-32-27(10-1)22-23-40-41(32)42-33(20-9-21-39(42)47-40)30-13-7-11-28(24-30)29-12-8-14-31(25-29)38-26-45-43-36-18-5-3-16-34(36)35-17-4-6-19-37(35)44(43)46-38/h1-26H. The molecule has 0 amide bonds. The molecule has 0 radical (unpaired) electrons. The summed E-state index contributed by atoms with van der Waals surface area (Å²) in [7, 11) is 0. The minimum atomic E-state index is 0.859. The molecule has 0 fully saturated rings. The van der Waals surface area contributed by atoms with Crippen molar-refractivity contribution < 1.29 is 4.42 Å². The monoisotopic (exact) mass is 598 g/mol. The Kier molecular flexibility index (Phi) is 5.57. The Labute approximate surface area is 270 Å². The van der Waals surface area contributed by atoms with E-state index in [0.29, 0.717) is 0 Å². The Morgan fingerprint density at radius 2 is 1.00 bits per heavy atom. The molecule has 0 N–H and O–H groups in total. The van der Waals surface area contributed by atoms with Crippen molar-refractivity contribution in [2.24, 2.45) is 0 Å². The summed E-state index contributed by atoms with van der Waals surface area (Å²) in [5.74, 6) is 0. The third kappa shape index (κ3) is 4.00. The van der Waals surface area contributed by atoms with Crippen LogP contribution in [0.5, 0.6) is 0 Å². The molecular formula is C44H26N2O. The Balaban J connectivity index is 1.11. The highest BCUT2D eigenvalue weighted by molar-refractivity contribution is 6.24. The molecule has 0 atom stereocenters. The van der Waals surface area contributed by atoms with Crippen LogP contribution in [-0.2, 0) is 0 Å². The first-order chi connectivity index (χ1) is 23.3. The third-order valence-corrected chi connectivity index (χ3v) is 9.48. The first-order valence-electron chi connectivity index (χ1n) is 15.9. The molecule has 8 aromatic carbocycles. The van der Waals surface area contributed by atoms with Crippen LogP contribution < -0.4 is 0 Å². The van der Waals surface area contributed by atoms with Gasteiger partial charge in [-0.1, -0.05) is 127 Å². The first kappa shape index (κ1) is 26.0. The van der Waals surface area contributed by atoms with E-state index >= 15 is 0 Å². The van der Waals surface area contributed by atoms with E-state index in [0.717, 1.165) is 77.3 Å². The predicted molar refractivity (Wildman–Crippen MR) is 196 cm³/mol. The lowest BCUT2D eigenvalue weighted by atomic mass is 9.94. The van der Waals surface area contributed by atoms with Crippen molar-refractivity contribution in [3.63, 3.8) is 0 Å². The van der Waals surface area contributed by atoms with Gasteiger partial charge in [0.15, 0.2) is 0 Å². The SMILES string of the molecule is c1cc(-c2cccc(-c3cccc4oc5ccc6ccccc6c5c34)c2)cc(-c2cnc3c4ccccc4c4ccccc4c3n2)c1. The second-order valence-corrected chi connectivity index (χ2v) is 12.1. The van der Waals surface area contributed by atoms with Crippen molar-refractivity contribution in [2.75, 3.05) is 0 Å². The maximum atomic E-state index is 6.37. The molecule has 0 aliphatic carbocycles. The highest BCUT2D eigenvalue weighted by Crippen LogP contribution is 2.41. The molecule has 47 heavy (non-hydrogen) atoms. The molecule has 0 saturated heterocycles. The van der Waals surface area contributed by atoms with Gasteiger partial charge in [-0.05, 0) is 68.1 Å². The van der Waals surface area contributed by atoms with Gasteiger partial charge in [0.25, 0.3) is 0 Å². The average molecular weight is 599 g/mol. The molecule has 2 heterocycles. The fourth-order valence-corrected chi connectivity index (χ4v) is 7.31. The van der Waals surface area contributed by atoms with Gasteiger partial charge in [-0.2, -0.15) is 0 Å². The van der Waals surface area contributed by atoms with Crippen LogP contribution >= 0.6 is 0 Å². The van der Waals surface area contributed by atoms with E-state index < -0.39 is 0 Å². The second-order valence-electron chi connectivity index (χ2n) is 12.1. The summed E-state index contributed by atoms with van der Waals surface area (Å²) in [5.41, 5.74) is 10.1. The molecule has 0 aliphatic rings. The van der Waals surface area contributed by atoms with Crippen molar-refractivity contribution in [2.45, 2.75) is 0 Å². The zero-order valence-electron chi connectivity index (χ0n) is 25.3. The lowest BCUT2D eigenvalue weighted by molar-refractivity contribution is 0.669. The number of nitrogens with zero attached hydrogens (tertiary/aromatic N) is 2. The molecule has 0 unspecified atom stereocenters. The van der Waals surface area contributed by atoms with Crippen LogP contribution in [0.4, 0.5) is 0 Å². The molecule has 2 aromatic heterocycles. The van der Waals surface area contributed by atoms with Gasteiger partial charge in [-0.25, -0.2) is 4.98 Å². The second kappa shape index (κ2) is 10.1. The topological polar surface area (TPSA) is 38.9 Å².